The molecule has 2 aromatic rings. The van der Waals surface area contributed by atoms with Crippen LogP contribution in [0, 0.1) is 11.8 Å². The van der Waals surface area contributed by atoms with Gasteiger partial charge in [-0.25, -0.2) is 9.78 Å². The van der Waals surface area contributed by atoms with Gasteiger partial charge in [-0.15, -0.1) is 0 Å². The molecule has 2 rings (SSSR count). The quantitative estimate of drug-likeness (QED) is 0.236. The number of pyridine rings is 1. The zero-order valence-electron chi connectivity index (χ0n) is 11.4. The number of ether oxygens (including phenoxy) is 1. The number of hydrogen-bond acceptors (Lipinski definition) is 5. The normalized spacial score (nSPS) is 10.0. The number of nitrogens with zero attached hydrogens (tertiary/aromatic N) is 2. The van der Waals surface area contributed by atoms with E-state index >= 15 is 0 Å². The Morgan fingerprint density at radius 3 is 2.91 bits per heavy atom. The molecule has 0 atom stereocenters. The highest BCUT2D eigenvalue weighted by Crippen LogP contribution is 2.10. The lowest BCUT2D eigenvalue weighted by atomic mass is 10.1. The molecule has 0 saturated heterocycles. The zero-order chi connectivity index (χ0) is 15.8. The Labute approximate surface area is 132 Å². The van der Waals surface area contributed by atoms with E-state index in [2.05, 4.69) is 22.0 Å². The second-order valence-electron chi connectivity index (χ2n) is 4.08. The van der Waals surface area contributed by atoms with Crippen LogP contribution in [0.5, 0.6) is 0 Å². The van der Waals surface area contributed by atoms with Crippen LogP contribution in [0.3, 0.4) is 0 Å². The molecule has 22 heavy (non-hydrogen) atoms. The Morgan fingerprint density at radius 1 is 1.41 bits per heavy atom. The second-order valence-corrected chi connectivity index (χ2v) is 4.47. The molecule has 110 valence electrons. The van der Waals surface area contributed by atoms with Crippen LogP contribution in [0.4, 0.5) is 0 Å². The first-order valence-corrected chi connectivity index (χ1v) is 6.62. The van der Waals surface area contributed by atoms with Gasteiger partial charge < -0.3 is 9.94 Å². The third-order valence-electron chi connectivity index (χ3n) is 2.61. The Morgan fingerprint density at radius 2 is 2.18 bits per heavy atom. The first kappa shape index (κ1) is 15.5. The molecule has 0 unspecified atom stereocenters. The highest BCUT2D eigenvalue weighted by atomic mass is 35.5. The lowest BCUT2D eigenvalue weighted by Crippen LogP contribution is -2.04. The van der Waals surface area contributed by atoms with Gasteiger partial charge in [0.25, 0.3) is 0 Å². The number of carbonyl (C=O) groups is 1. The minimum absolute atomic E-state index is 0.0634. The molecule has 0 aliphatic heterocycles. The largest absolute Gasteiger partial charge is 0.449 e. The summed E-state index contributed by atoms with van der Waals surface area (Å²) in [5, 5.41) is 11.8. The van der Waals surface area contributed by atoms with Crippen LogP contribution in [0.15, 0.2) is 47.8 Å². The van der Waals surface area contributed by atoms with Gasteiger partial charge in [0.2, 0.25) is 0 Å². The highest BCUT2D eigenvalue weighted by Gasteiger charge is 2.04. The second kappa shape index (κ2) is 7.81. The molecular weight excluding hydrogens is 304 g/mol. The van der Waals surface area contributed by atoms with E-state index in [1.54, 1.807) is 24.3 Å². The Hall–Kier alpha value is -2.84. The average Bonchev–Trinajstić information content (AvgIpc) is 2.54. The van der Waals surface area contributed by atoms with Gasteiger partial charge in [-0.3, -0.25) is 0 Å². The van der Waals surface area contributed by atoms with E-state index in [0.717, 1.165) is 0 Å². The van der Waals surface area contributed by atoms with Crippen LogP contribution < -0.4 is 0 Å². The molecule has 0 aliphatic rings. The van der Waals surface area contributed by atoms with Gasteiger partial charge in [-0.05, 0) is 18.2 Å². The molecule has 0 amide bonds. The number of carbonyl (C=O) groups excluding carboxylic acids is 1. The predicted molar refractivity (Wildman–Crippen MR) is 82.2 cm³/mol. The molecule has 0 radical (unpaired) electrons. The summed E-state index contributed by atoms with van der Waals surface area (Å²) in [6.45, 7) is -0.0634. The standard InChI is InChI=1S/C16H11ClN2O3/c17-15-9-14(11-19-21)13(10-18-15)7-4-8-22-16(20)12-5-2-1-3-6-12/h1-3,5-6,9-11,21H,8H2/b19-11+. The Balaban J connectivity index is 2.01. The number of esters is 1. The van der Waals surface area contributed by atoms with Crippen molar-refractivity contribution in [3.63, 3.8) is 0 Å². The molecule has 5 nitrogen and oxygen atoms in total. The van der Waals surface area contributed by atoms with Gasteiger partial charge in [0.05, 0.1) is 17.3 Å². The van der Waals surface area contributed by atoms with Crippen molar-refractivity contribution in [1.82, 2.24) is 4.98 Å². The smallest absolute Gasteiger partial charge is 0.339 e. The third-order valence-corrected chi connectivity index (χ3v) is 2.81. The van der Waals surface area contributed by atoms with Crippen molar-refractivity contribution in [2.45, 2.75) is 0 Å². The van der Waals surface area contributed by atoms with E-state index in [1.807, 2.05) is 6.07 Å². The van der Waals surface area contributed by atoms with Gasteiger partial charge >= 0.3 is 5.97 Å². The number of rotatable bonds is 3. The molecule has 0 bridgehead atoms. The van der Waals surface area contributed by atoms with E-state index in [1.165, 1.54) is 18.5 Å². The fourth-order valence-electron chi connectivity index (χ4n) is 1.61. The van der Waals surface area contributed by atoms with Crippen molar-refractivity contribution in [1.29, 1.82) is 0 Å². The SMILES string of the molecule is O=C(OCC#Cc1cnc(Cl)cc1/C=N/O)c1ccccc1. The van der Waals surface area contributed by atoms with Gasteiger partial charge in [-0.1, -0.05) is 46.8 Å². The van der Waals surface area contributed by atoms with Crippen LogP contribution in [-0.4, -0.2) is 29.0 Å². The molecule has 0 fully saturated rings. The molecule has 0 spiro atoms. The molecule has 1 aromatic heterocycles. The van der Waals surface area contributed by atoms with E-state index in [-0.39, 0.29) is 11.8 Å². The number of aromatic nitrogens is 1. The molecule has 1 N–H and O–H groups in total. The molecule has 1 heterocycles. The monoisotopic (exact) mass is 314 g/mol. The topological polar surface area (TPSA) is 71.8 Å². The number of benzene rings is 1. The summed E-state index contributed by atoms with van der Waals surface area (Å²) in [7, 11) is 0. The first-order chi connectivity index (χ1) is 10.7. The third kappa shape index (κ3) is 4.33. The zero-order valence-corrected chi connectivity index (χ0v) is 12.1. The van der Waals surface area contributed by atoms with E-state index < -0.39 is 5.97 Å². The van der Waals surface area contributed by atoms with Gasteiger partial charge in [0.1, 0.15) is 5.15 Å². The van der Waals surface area contributed by atoms with Crippen LogP contribution in [0.1, 0.15) is 21.5 Å². The van der Waals surface area contributed by atoms with E-state index in [4.69, 9.17) is 21.5 Å². The fourth-order valence-corrected chi connectivity index (χ4v) is 1.77. The van der Waals surface area contributed by atoms with Crippen LogP contribution in [-0.2, 0) is 4.74 Å². The molecular formula is C16H11ClN2O3. The first-order valence-electron chi connectivity index (χ1n) is 6.24. The number of hydrogen-bond donors (Lipinski definition) is 1. The summed E-state index contributed by atoms with van der Waals surface area (Å²) < 4.78 is 5.03. The summed E-state index contributed by atoms with van der Waals surface area (Å²) in [6.07, 6.45) is 2.65. The van der Waals surface area contributed by atoms with Crippen molar-refractivity contribution in [3.05, 3.63) is 64.4 Å². The van der Waals surface area contributed by atoms with Gasteiger partial charge in [-0.2, -0.15) is 0 Å². The molecule has 6 heteroatoms. The minimum Gasteiger partial charge on any atom is -0.449 e. The summed E-state index contributed by atoms with van der Waals surface area (Å²) in [6, 6.07) is 10.2. The number of halogens is 1. The van der Waals surface area contributed by atoms with Crippen molar-refractivity contribution in [3.8, 4) is 11.8 Å². The Bertz CT molecular complexity index is 749. The van der Waals surface area contributed by atoms with Gasteiger partial charge in [0.15, 0.2) is 6.61 Å². The minimum atomic E-state index is -0.443. The summed E-state index contributed by atoms with van der Waals surface area (Å²) in [5.74, 6) is 5.04. The maximum atomic E-state index is 11.7. The maximum absolute atomic E-state index is 11.7. The van der Waals surface area contributed by atoms with Crippen molar-refractivity contribution in [2.24, 2.45) is 5.16 Å². The molecule has 0 aliphatic carbocycles. The summed E-state index contributed by atoms with van der Waals surface area (Å²) in [5.41, 5.74) is 1.49. The lowest BCUT2D eigenvalue weighted by Gasteiger charge is -2.00. The van der Waals surface area contributed by atoms with Crippen molar-refractivity contribution < 1.29 is 14.7 Å². The number of oxime groups is 1. The van der Waals surface area contributed by atoms with Gasteiger partial charge in [0, 0.05) is 11.8 Å². The Kier molecular flexibility index (Phi) is 5.52. The average molecular weight is 315 g/mol. The lowest BCUT2D eigenvalue weighted by molar-refractivity contribution is 0.0556. The molecule has 1 aromatic carbocycles. The van der Waals surface area contributed by atoms with E-state index in [9.17, 15) is 4.79 Å². The van der Waals surface area contributed by atoms with Crippen LogP contribution in [0.2, 0.25) is 5.15 Å². The summed E-state index contributed by atoms with van der Waals surface area (Å²) in [4.78, 5) is 15.6. The highest BCUT2D eigenvalue weighted by molar-refractivity contribution is 6.29. The fraction of sp³-hybridized carbons (Fsp3) is 0.0625. The summed E-state index contributed by atoms with van der Waals surface area (Å²) >= 11 is 5.75. The van der Waals surface area contributed by atoms with E-state index in [0.29, 0.717) is 16.7 Å². The maximum Gasteiger partial charge on any atom is 0.339 e. The van der Waals surface area contributed by atoms with Crippen LogP contribution >= 0.6 is 11.6 Å². The van der Waals surface area contributed by atoms with Crippen LogP contribution in [0.25, 0.3) is 0 Å². The molecule has 0 saturated carbocycles. The predicted octanol–water partition coefficient (Wildman–Crippen LogP) is 2.75. The van der Waals surface area contributed by atoms with Crippen molar-refractivity contribution in [2.75, 3.05) is 6.61 Å². The van der Waals surface area contributed by atoms with Crippen molar-refractivity contribution >= 4 is 23.8 Å².